The van der Waals surface area contributed by atoms with Crippen molar-refractivity contribution in [1.82, 2.24) is 15.1 Å². The minimum absolute atomic E-state index is 0.0341. The second-order valence-electron chi connectivity index (χ2n) is 5.54. The molecule has 0 bridgehead atoms. The lowest BCUT2D eigenvalue weighted by Gasteiger charge is -2.29. The lowest BCUT2D eigenvalue weighted by molar-refractivity contribution is -0.130. The van der Waals surface area contributed by atoms with Gasteiger partial charge in [-0.15, -0.1) is 0 Å². The van der Waals surface area contributed by atoms with Crippen LogP contribution in [-0.2, 0) is 4.79 Å². The SMILES string of the molecule is CC(C)N(CCO)CC1CCC(C(=O)N(C)C)N1. The third kappa shape index (κ3) is 4.23. The number of amides is 1. The predicted molar refractivity (Wildman–Crippen MR) is 72.4 cm³/mol. The molecule has 0 spiro atoms. The summed E-state index contributed by atoms with van der Waals surface area (Å²) in [7, 11) is 3.59. The molecule has 2 atom stereocenters. The third-order valence-electron chi connectivity index (χ3n) is 3.55. The summed E-state index contributed by atoms with van der Waals surface area (Å²) in [5, 5.41) is 12.5. The summed E-state index contributed by atoms with van der Waals surface area (Å²) in [5.41, 5.74) is 0. The Bertz CT molecular complexity index is 269. The Hall–Kier alpha value is -0.650. The number of nitrogens with zero attached hydrogens (tertiary/aromatic N) is 2. The molecule has 2 unspecified atom stereocenters. The first-order valence-electron chi connectivity index (χ1n) is 6.77. The monoisotopic (exact) mass is 257 g/mol. The lowest BCUT2D eigenvalue weighted by atomic mass is 10.1. The van der Waals surface area contributed by atoms with Crippen molar-refractivity contribution in [3.63, 3.8) is 0 Å². The number of aliphatic hydroxyl groups excluding tert-OH is 1. The standard InChI is InChI=1S/C13H27N3O2/c1-10(2)16(7-8-17)9-11-5-6-12(14-11)13(18)15(3)4/h10-12,14,17H,5-9H2,1-4H3. The molecule has 1 aliphatic heterocycles. The number of carbonyl (C=O) groups excluding carboxylic acids is 1. The molecule has 1 aliphatic rings. The van der Waals surface area contributed by atoms with Gasteiger partial charge in [0.15, 0.2) is 0 Å². The zero-order chi connectivity index (χ0) is 13.7. The maximum Gasteiger partial charge on any atom is 0.239 e. The summed E-state index contributed by atoms with van der Waals surface area (Å²) in [6.45, 7) is 6.04. The molecule has 5 nitrogen and oxygen atoms in total. The van der Waals surface area contributed by atoms with Gasteiger partial charge < -0.3 is 15.3 Å². The zero-order valence-electron chi connectivity index (χ0n) is 12.0. The maximum atomic E-state index is 11.8. The highest BCUT2D eigenvalue weighted by Crippen LogP contribution is 2.15. The first-order chi connectivity index (χ1) is 8.45. The Balaban J connectivity index is 2.44. The van der Waals surface area contributed by atoms with E-state index in [2.05, 4.69) is 24.1 Å². The van der Waals surface area contributed by atoms with Gasteiger partial charge in [0.1, 0.15) is 0 Å². The van der Waals surface area contributed by atoms with Crippen LogP contribution < -0.4 is 5.32 Å². The van der Waals surface area contributed by atoms with Crippen LogP contribution in [0.15, 0.2) is 0 Å². The third-order valence-corrected chi connectivity index (χ3v) is 3.55. The van der Waals surface area contributed by atoms with E-state index < -0.39 is 0 Å². The van der Waals surface area contributed by atoms with Crippen LogP contribution >= 0.6 is 0 Å². The van der Waals surface area contributed by atoms with Crippen molar-refractivity contribution in [3.05, 3.63) is 0 Å². The van der Waals surface area contributed by atoms with Crippen LogP contribution in [0.4, 0.5) is 0 Å². The van der Waals surface area contributed by atoms with Gasteiger partial charge in [-0.3, -0.25) is 9.69 Å². The second kappa shape index (κ2) is 7.07. The highest BCUT2D eigenvalue weighted by molar-refractivity contribution is 5.81. The van der Waals surface area contributed by atoms with Crippen molar-refractivity contribution in [2.45, 2.75) is 44.8 Å². The fraction of sp³-hybridized carbons (Fsp3) is 0.923. The van der Waals surface area contributed by atoms with Gasteiger partial charge in [-0.25, -0.2) is 0 Å². The Morgan fingerprint density at radius 2 is 2.06 bits per heavy atom. The summed E-state index contributed by atoms with van der Waals surface area (Å²) in [6.07, 6.45) is 1.94. The van der Waals surface area contributed by atoms with Crippen molar-refractivity contribution >= 4 is 5.91 Å². The van der Waals surface area contributed by atoms with E-state index in [1.165, 1.54) is 0 Å². The minimum Gasteiger partial charge on any atom is -0.395 e. The molecule has 1 fully saturated rings. The van der Waals surface area contributed by atoms with Gasteiger partial charge in [-0.05, 0) is 26.7 Å². The summed E-state index contributed by atoms with van der Waals surface area (Å²) in [4.78, 5) is 15.7. The van der Waals surface area contributed by atoms with Crippen LogP contribution in [-0.4, -0.2) is 72.7 Å². The number of likely N-dealkylation sites (N-methyl/N-ethyl adjacent to an activating group) is 1. The van der Waals surface area contributed by atoms with E-state index in [1.807, 2.05) is 0 Å². The molecule has 0 radical (unpaired) electrons. The van der Waals surface area contributed by atoms with Gasteiger partial charge in [0.05, 0.1) is 12.6 Å². The Kier molecular flexibility index (Phi) is 6.05. The average molecular weight is 257 g/mol. The van der Waals surface area contributed by atoms with Crippen LogP contribution in [0.1, 0.15) is 26.7 Å². The molecule has 18 heavy (non-hydrogen) atoms. The van der Waals surface area contributed by atoms with Crippen LogP contribution in [0, 0.1) is 0 Å². The van der Waals surface area contributed by atoms with E-state index in [0.29, 0.717) is 18.6 Å². The van der Waals surface area contributed by atoms with E-state index in [-0.39, 0.29) is 18.6 Å². The molecule has 0 aromatic heterocycles. The van der Waals surface area contributed by atoms with Crippen molar-refractivity contribution < 1.29 is 9.90 Å². The van der Waals surface area contributed by atoms with Crippen LogP contribution in [0.5, 0.6) is 0 Å². The molecule has 0 aliphatic carbocycles. The van der Waals surface area contributed by atoms with Crippen LogP contribution in [0.25, 0.3) is 0 Å². The summed E-state index contributed by atoms with van der Waals surface area (Å²) in [5.74, 6) is 0.163. The smallest absolute Gasteiger partial charge is 0.239 e. The molecule has 2 N–H and O–H groups in total. The van der Waals surface area contributed by atoms with Crippen molar-refractivity contribution in [2.75, 3.05) is 33.8 Å². The van der Waals surface area contributed by atoms with Gasteiger partial charge in [0.25, 0.3) is 0 Å². The van der Waals surface area contributed by atoms with Gasteiger partial charge in [-0.2, -0.15) is 0 Å². The van der Waals surface area contributed by atoms with Crippen molar-refractivity contribution in [2.24, 2.45) is 0 Å². The Labute approximate surface area is 110 Å². The van der Waals surface area contributed by atoms with Gasteiger partial charge in [0.2, 0.25) is 5.91 Å². The molecule has 1 amide bonds. The zero-order valence-corrected chi connectivity index (χ0v) is 12.0. The largest absolute Gasteiger partial charge is 0.395 e. The lowest BCUT2D eigenvalue weighted by Crippen LogP contribution is -2.47. The molecule has 0 aromatic carbocycles. The van der Waals surface area contributed by atoms with Gasteiger partial charge in [0, 0.05) is 39.3 Å². The quantitative estimate of drug-likeness (QED) is 0.697. The molecule has 0 aromatic rings. The average Bonchev–Trinajstić information content (AvgIpc) is 2.75. The van der Waals surface area contributed by atoms with Crippen LogP contribution in [0.3, 0.4) is 0 Å². The number of hydrogen-bond acceptors (Lipinski definition) is 4. The van der Waals surface area contributed by atoms with Gasteiger partial charge >= 0.3 is 0 Å². The number of hydrogen-bond donors (Lipinski definition) is 2. The molecular weight excluding hydrogens is 230 g/mol. The fourth-order valence-electron chi connectivity index (χ4n) is 2.44. The molecule has 1 saturated heterocycles. The molecule has 1 heterocycles. The number of aliphatic hydroxyl groups is 1. The molecular formula is C13H27N3O2. The highest BCUT2D eigenvalue weighted by atomic mass is 16.3. The first-order valence-corrected chi connectivity index (χ1v) is 6.77. The molecule has 5 heteroatoms. The first kappa shape index (κ1) is 15.4. The van der Waals surface area contributed by atoms with Gasteiger partial charge in [-0.1, -0.05) is 0 Å². The fourth-order valence-corrected chi connectivity index (χ4v) is 2.44. The van der Waals surface area contributed by atoms with E-state index in [9.17, 15) is 4.79 Å². The van der Waals surface area contributed by atoms with E-state index in [0.717, 1.165) is 19.4 Å². The molecule has 0 saturated carbocycles. The minimum atomic E-state index is -0.0341. The predicted octanol–water partition coefficient (Wildman–Crippen LogP) is -0.102. The molecule has 1 rings (SSSR count). The summed E-state index contributed by atoms with van der Waals surface area (Å²) in [6, 6.07) is 0.739. The van der Waals surface area contributed by atoms with E-state index >= 15 is 0 Å². The number of carbonyl (C=O) groups is 1. The van der Waals surface area contributed by atoms with Crippen molar-refractivity contribution in [3.8, 4) is 0 Å². The summed E-state index contributed by atoms with van der Waals surface area (Å²) < 4.78 is 0. The van der Waals surface area contributed by atoms with Crippen molar-refractivity contribution in [1.29, 1.82) is 0 Å². The van der Waals surface area contributed by atoms with E-state index in [4.69, 9.17) is 5.11 Å². The number of rotatable bonds is 6. The normalized spacial score (nSPS) is 23.9. The second-order valence-corrected chi connectivity index (χ2v) is 5.54. The summed E-state index contributed by atoms with van der Waals surface area (Å²) >= 11 is 0. The maximum absolute atomic E-state index is 11.8. The molecule has 106 valence electrons. The highest BCUT2D eigenvalue weighted by Gasteiger charge is 2.31. The van der Waals surface area contributed by atoms with Crippen LogP contribution in [0.2, 0.25) is 0 Å². The number of nitrogens with one attached hydrogen (secondary N) is 1. The topological polar surface area (TPSA) is 55.8 Å². The Morgan fingerprint density at radius 1 is 1.39 bits per heavy atom. The van der Waals surface area contributed by atoms with E-state index in [1.54, 1.807) is 19.0 Å². The Morgan fingerprint density at radius 3 is 2.56 bits per heavy atom.